The minimum Gasteiger partial charge on any atom is -0.416 e. The number of nitrogens with one attached hydrogen (secondary N) is 2. The summed E-state index contributed by atoms with van der Waals surface area (Å²) in [5, 5.41) is 13.9. The molecule has 0 saturated heterocycles. The maximum absolute atomic E-state index is 12.5. The molecule has 1 heterocycles. The molecule has 2 amide bonds. The van der Waals surface area contributed by atoms with E-state index in [1.54, 1.807) is 30.3 Å². The Morgan fingerprint density at radius 3 is 2.41 bits per heavy atom. The Morgan fingerprint density at radius 1 is 0.906 bits per heavy atom. The molecule has 3 aromatic carbocycles. The third kappa shape index (κ3) is 4.89. The number of hydrogen-bond donors (Lipinski definition) is 2. The van der Waals surface area contributed by atoms with Gasteiger partial charge in [-0.15, -0.1) is 10.2 Å². The second kappa shape index (κ2) is 9.26. The summed E-state index contributed by atoms with van der Waals surface area (Å²) in [6.07, 6.45) is 0. The molecule has 0 spiro atoms. The van der Waals surface area contributed by atoms with Crippen molar-refractivity contribution in [3.63, 3.8) is 0 Å². The second-order valence-electron chi connectivity index (χ2n) is 7.37. The SMILES string of the molecule is CC(=O)Nc1cccc(CNC(=O)c2ccc(-c3nnc(-c4ccccc4C)o3)cc2)c1. The number of anilines is 1. The van der Waals surface area contributed by atoms with Gasteiger partial charge in [-0.05, 0) is 60.5 Å². The van der Waals surface area contributed by atoms with Crippen LogP contribution in [0.5, 0.6) is 0 Å². The van der Waals surface area contributed by atoms with Gasteiger partial charge in [-0.2, -0.15) is 0 Å². The van der Waals surface area contributed by atoms with Gasteiger partial charge in [0.1, 0.15) is 0 Å². The molecule has 160 valence electrons. The standard InChI is InChI=1S/C25H22N4O3/c1-16-6-3-4-9-22(16)25-29-28-24(32-25)20-12-10-19(11-13-20)23(31)26-15-18-7-5-8-21(14-18)27-17(2)30/h3-14H,15H2,1-2H3,(H,26,31)(H,27,30). The highest BCUT2D eigenvalue weighted by molar-refractivity contribution is 5.94. The lowest BCUT2D eigenvalue weighted by molar-refractivity contribution is -0.114. The largest absolute Gasteiger partial charge is 0.416 e. The summed E-state index contributed by atoms with van der Waals surface area (Å²) < 4.78 is 5.83. The van der Waals surface area contributed by atoms with Crippen molar-refractivity contribution in [2.75, 3.05) is 5.32 Å². The van der Waals surface area contributed by atoms with Crippen LogP contribution < -0.4 is 10.6 Å². The van der Waals surface area contributed by atoms with Gasteiger partial charge < -0.3 is 15.1 Å². The fourth-order valence-corrected chi connectivity index (χ4v) is 3.27. The smallest absolute Gasteiger partial charge is 0.251 e. The molecule has 0 radical (unpaired) electrons. The molecule has 1 aromatic heterocycles. The van der Waals surface area contributed by atoms with Gasteiger partial charge >= 0.3 is 0 Å². The zero-order chi connectivity index (χ0) is 22.5. The number of amides is 2. The topological polar surface area (TPSA) is 97.1 Å². The Bertz CT molecular complexity index is 1260. The average molecular weight is 426 g/mol. The van der Waals surface area contributed by atoms with E-state index in [0.717, 1.165) is 22.3 Å². The van der Waals surface area contributed by atoms with E-state index >= 15 is 0 Å². The molecule has 7 heteroatoms. The molecule has 0 saturated carbocycles. The van der Waals surface area contributed by atoms with E-state index in [4.69, 9.17) is 4.42 Å². The highest BCUT2D eigenvalue weighted by Gasteiger charge is 2.13. The van der Waals surface area contributed by atoms with Crippen molar-refractivity contribution in [2.24, 2.45) is 0 Å². The van der Waals surface area contributed by atoms with Crippen molar-refractivity contribution in [3.05, 3.63) is 89.5 Å². The van der Waals surface area contributed by atoms with Crippen molar-refractivity contribution < 1.29 is 14.0 Å². The monoisotopic (exact) mass is 426 g/mol. The fraction of sp³-hybridized carbons (Fsp3) is 0.120. The molecule has 0 bridgehead atoms. The Hall–Kier alpha value is -4.26. The molecule has 0 aliphatic rings. The molecule has 2 N–H and O–H groups in total. The van der Waals surface area contributed by atoms with Crippen LogP contribution in [0.4, 0.5) is 5.69 Å². The number of aromatic nitrogens is 2. The number of carbonyl (C=O) groups excluding carboxylic acids is 2. The average Bonchev–Trinajstić information content (AvgIpc) is 3.28. The van der Waals surface area contributed by atoms with E-state index in [9.17, 15) is 9.59 Å². The van der Waals surface area contributed by atoms with Crippen molar-refractivity contribution in [1.29, 1.82) is 0 Å². The third-order valence-corrected chi connectivity index (χ3v) is 4.89. The summed E-state index contributed by atoms with van der Waals surface area (Å²) in [5.41, 5.74) is 4.78. The van der Waals surface area contributed by atoms with Crippen LogP contribution in [-0.2, 0) is 11.3 Å². The van der Waals surface area contributed by atoms with Crippen LogP contribution >= 0.6 is 0 Å². The van der Waals surface area contributed by atoms with Crippen LogP contribution in [0.1, 0.15) is 28.4 Å². The van der Waals surface area contributed by atoms with E-state index < -0.39 is 0 Å². The van der Waals surface area contributed by atoms with E-state index in [-0.39, 0.29) is 11.8 Å². The van der Waals surface area contributed by atoms with Crippen molar-refractivity contribution >= 4 is 17.5 Å². The van der Waals surface area contributed by atoms with Gasteiger partial charge in [-0.25, -0.2) is 0 Å². The Labute approximate surface area is 185 Å². The normalized spacial score (nSPS) is 10.6. The van der Waals surface area contributed by atoms with Crippen LogP contribution in [0.15, 0.2) is 77.2 Å². The fourth-order valence-electron chi connectivity index (χ4n) is 3.27. The van der Waals surface area contributed by atoms with E-state index in [2.05, 4.69) is 20.8 Å². The van der Waals surface area contributed by atoms with Gasteiger partial charge in [0.15, 0.2) is 0 Å². The molecule has 32 heavy (non-hydrogen) atoms. The molecule has 0 aliphatic heterocycles. The predicted octanol–water partition coefficient (Wildman–Crippen LogP) is 4.60. The van der Waals surface area contributed by atoms with Gasteiger partial charge in [0, 0.05) is 35.8 Å². The molecular formula is C25H22N4O3. The number of rotatable bonds is 6. The number of carbonyl (C=O) groups is 2. The van der Waals surface area contributed by atoms with Gasteiger partial charge in [0.25, 0.3) is 5.91 Å². The van der Waals surface area contributed by atoms with E-state index in [0.29, 0.717) is 29.6 Å². The molecule has 0 aliphatic carbocycles. The van der Waals surface area contributed by atoms with Crippen LogP contribution in [0.2, 0.25) is 0 Å². The first-order valence-electron chi connectivity index (χ1n) is 10.1. The number of hydrogen-bond acceptors (Lipinski definition) is 5. The lowest BCUT2D eigenvalue weighted by Gasteiger charge is -2.08. The molecule has 4 rings (SSSR count). The van der Waals surface area contributed by atoms with Crippen molar-refractivity contribution in [2.45, 2.75) is 20.4 Å². The Kier molecular flexibility index (Phi) is 6.07. The van der Waals surface area contributed by atoms with Gasteiger partial charge in [-0.1, -0.05) is 30.3 Å². The molecule has 0 fully saturated rings. The van der Waals surface area contributed by atoms with Gasteiger partial charge in [0.2, 0.25) is 17.7 Å². The number of nitrogens with zero attached hydrogens (tertiary/aromatic N) is 2. The third-order valence-electron chi connectivity index (χ3n) is 4.89. The summed E-state index contributed by atoms with van der Waals surface area (Å²) in [4.78, 5) is 23.7. The first-order chi connectivity index (χ1) is 15.5. The first-order valence-corrected chi connectivity index (χ1v) is 10.1. The van der Waals surface area contributed by atoms with Crippen molar-refractivity contribution in [1.82, 2.24) is 15.5 Å². The number of benzene rings is 3. The molecule has 0 atom stereocenters. The first kappa shape index (κ1) is 21.0. The van der Waals surface area contributed by atoms with Gasteiger partial charge in [0.05, 0.1) is 0 Å². The highest BCUT2D eigenvalue weighted by atomic mass is 16.4. The molecular weight excluding hydrogens is 404 g/mol. The van der Waals surface area contributed by atoms with Crippen LogP contribution in [-0.4, -0.2) is 22.0 Å². The quantitative estimate of drug-likeness (QED) is 0.470. The van der Waals surface area contributed by atoms with Crippen LogP contribution in [0.3, 0.4) is 0 Å². The minimum absolute atomic E-state index is 0.140. The lowest BCUT2D eigenvalue weighted by Crippen LogP contribution is -2.22. The summed E-state index contributed by atoms with van der Waals surface area (Å²) in [6, 6.07) is 22.1. The molecule has 4 aromatic rings. The molecule has 7 nitrogen and oxygen atoms in total. The summed E-state index contributed by atoms with van der Waals surface area (Å²) >= 11 is 0. The van der Waals surface area contributed by atoms with E-state index in [1.807, 2.05) is 49.4 Å². The van der Waals surface area contributed by atoms with Gasteiger partial charge in [-0.3, -0.25) is 9.59 Å². The summed E-state index contributed by atoms with van der Waals surface area (Å²) in [7, 11) is 0. The van der Waals surface area contributed by atoms with Crippen molar-refractivity contribution in [3.8, 4) is 22.9 Å². The second-order valence-corrected chi connectivity index (χ2v) is 7.37. The van der Waals surface area contributed by atoms with Crippen LogP contribution in [0.25, 0.3) is 22.9 Å². The minimum atomic E-state index is -0.201. The zero-order valence-electron chi connectivity index (χ0n) is 17.8. The van der Waals surface area contributed by atoms with E-state index in [1.165, 1.54) is 6.92 Å². The maximum atomic E-state index is 12.5. The predicted molar refractivity (Wildman–Crippen MR) is 122 cm³/mol. The number of aryl methyl sites for hydroxylation is 1. The zero-order valence-corrected chi connectivity index (χ0v) is 17.8. The Balaban J connectivity index is 1.41. The Morgan fingerprint density at radius 2 is 1.66 bits per heavy atom. The highest BCUT2D eigenvalue weighted by Crippen LogP contribution is 2.26. The summed E-state index contributed by atoms with van der Waals surface area (Å²) in [6.45, 7) is 3.79. The lowest BCUT2D eigenvalue weighted by atomic mass is 10.1. The maximum Gasteiger partial charge on any atom is 0.251 e. The summed E-state index contributed by atoms with van der Waals surface area (Å²) in [5.74, 6) is 0.512. The molecule has 0 unspecified atom stereocenters. The van der Waals surface area contributed by atoms with Crippen LogP contribution in [0, 0.1) is 6.92 Å².